The molecule has 0 aliphatic carbocycles. The highest BCUT2D eigenvalue weighted by molar-refractivity contribution is 6.35. The molecule has 1 heterocycles. The molecule has 0 radical (unpaired) electrons. The first-order valence-corrected chi connectivity index (χ1v) is 10.5. The molecule has 1 N–H and O–H groups in total. The zero-order valence-corrected chi connectivity index (χ0v) is 19.4. The molecule has 0 saturated carbocycles. The first-order valence-electron chi connectivity index (χ1n) is 9.75. The Morgan fingerprint density at radius 1 is 1.13 bits per heavy atom. The van der Waals surface area contributed by atoms with E-state index in [0.29, 0.717) is 28.0 Å². The van der Waals surface area contributed by atoms with E-state index < -0.39 is 17.7 Å². The number of carbonyl (C=O) groups is 2. The molecule has 2 amide bonds. The molecular formula is C23H25Cl2N3O3. The van der Waals surface area contributed by atoms with Crippen LogP contribution in [-0.2, 0) is 14.3 Å². The highest BCUT2D eigenvalue weighted by Gasteiger charge is 2.45. The van der Waals surface area contributed by atoms with Crippen LogP contribution < -0.4 is 5.32 Å². The van der Waals surface area contributed by atoms with Crippen LogP contribution in [0.15, 0.2) is 60.4 Å². The van der Waals surface area contributed by atoms with Crippen LogP contribution >= 0.6 is 23.2 Å². The maximum Gasteiger partial charge on any atom is 0.253 e. The van der Waals surface area contributed by atoms with Gasteiger partial charge in [0.25, 0.3) is 5.91 Å². The van der Waals surface area contributed by atoms with Gasteiger partial charge < -0.3 is 15.0 Å². The quantitative estimate of drug-likeness (QED) is 0.676. The Balaban J connectivity index is 1.96. The number of carbonyl (C=O) groups excluding carboxylic acids is 2. The molecule has 8 heteroatoms. The van der Waals surface area contributed by atoms with E-state index in [1.54, 1.807) is 32.0 Å². The van der Waals surface area contributed by atoms with Crippen LogP contribution in [0.4, 0.5) is 5.69 Å². The first-order chi connectivity index (χ1) is 14.6. The Hall–Kier alpha value is -2.54. The summed E-state index contributed by atoms with van der Waals surface area (Å²) in [4.78, 5) is 29.8. The molecule has 1 aliphatic heterocycles. The molecule has 2 aromatic rings. The van der Waals surface area contributed by atoms with E-state index in [4.69, 9.17) is 27.9 Å². The van der Waals surface area contributed by atoms with Crippen LogP contribution in [-0.4, -0.2) is 47.8 Å². The summed E-state index contributed by atoms with van der Waals surface area (Å²) in [5.74, 6) is -0.160. The van der Waals surface area contributed by atoms with Gasteiger partial charge in [-0.15, -0.1) is 0 Å². The normalized spacial score (nSPS) is 16.7. The van der Waals surface area contributed by atoms with Gasteiger partial charge in [0.05, 0.1) is 6.54 Å². The molecule has 1 aliphatic rings. The van der Waals surface area contributed by atoms with Crippen molar-refractivity contribution in [2.24, 2.45) is 0 Å². The first kappa shape index (κ1) is 23.1. The third-order valence-corrected chi connectivity index (χ3v) is 5.29. The highest BCUT2D eigenvalue weighted by Crippen LogP contribution is 2.36. The molecule has 0 saturated heterocycles. The second-order valence-corrected chi connectivity index (χ2v) is 8.98. The van der Waals surface area contributed by atoms with E-state index in [-0.39, 0.29) is 5.91 Å². The van der Waals surface area contributed by atoms with Gasteiger partial charge in [-0.25, -0.2) is 0 Å². The van der Waals surface area contributed by atoms with Crippen molar-refractivity contribution in [1.82, 2.24) is 9.80 Å². The summed E-state index contributed by atoms with van der Waals surface area (Å²) in [7, 11) is 3.79. The van der Waals surface area contributed by atoms with Crippen LogP contribution in [0.1, 0.15) is 25.6 Å². The summed E-state index contributed by atoms with van der Waals surface area (Å²) >= 11 is 12.1. The fourth-order valence-corrected chi connectivity index (χ4v) is 3.90. The Morgan fingerprint density at radius 3 is 2.32 bits per heavy atom. The molecular weight excluding hydrogens is 437 g/mol. The van der Waals surface area contributed by atoms with Crippen LogP contribution in [0.5, 0.6) is 0 Å². The molecule has 0 fully saturated rings. The Kier molecular flexibility index (Phi) is 6.94. The third-order valence-electron chi connectivity index (χ3n) is 4.85. The van der Waals surface area contributed by atoms with Gasteiger partial charge in [0, 0.05) is 27.4 Å². The maximum absolute atomic E-state index is 13.3. The van der Waals surface area contributed by atoms with Gasteiger partial charge in [-0.2, -0.15) is 0 Å². The minimum atomic E-state index is -1.24. The predicted octanol–water partition coefficient (Wildman–Crippen LogP) is 4.71. The van der Waals surface area contributed by atoms with Crippen LogP contribution in [0.25, 0.3) is 0 Å². The minimum Gasteiger partial charge on any atom is -0.469 e. The number of nitrogens with one attached hydrogen (secondary N) is 1. The molecule has 3 rings (SSSR count). The fourth-order valence-electron chi connectivity index (χ4n) is 3.37. The van der Waals surface area contributed by atoms with Crippen molar-refractivity contribution in [2.45, 2.75) is 25.6 Å². The summed E-state index contributed by atoms with van der Waals surface area (Å²) < 4.78 is 6.19. The molecule has 2 aromatic carbocycles. The monoisotopic (exact) mass is 461 g/mol. The zero-order chi connectivity index (χ0) is 22.8. The number of rotatable bonds is 6. The van der Waals surface area contributed by atoms with Gasteiger partial charge in [-0.05, 0) is 46.1 Å². The van der Waals surface area contributed by atoms with Crippen molar-refractivity contribution >= 4 is 40.7 Å². The van der Waals surface area contributed by atoms with Gasteiger partial charge >= 0.3 is 0 Å². The molecule has 0 spiro atoms. The fraction of sp³-hybridized carbons (Fsp3) is 0.304. The van der Waals surface area contributed by atoms with Gasteiger partial charge in [0.15, 0.2) is 0 Å². The number of halogens is 2. The summed E-state index contributed by atoms with van der Waals surface area (Å²) in [6.07, 6.45) is 0.683. The van der Waals surface area contributed by atoms with Crippen molar-refractivity contribution in [1.29, 1.82) is 0 Å². The second-order valence-electron chi connectivity index (χ2n) is 8.11. The number of amides is 2. The van der Waals surface area contributed by atoms with E-state index >= 15 is 0 Å². The summed E-state index contributed by atoms with van der Waals surface area (Å²) in [6.45, 7) is 3.82. The third kappa shape index (κ3) is 5.39. The maximum atomic E-state index is 13.3. The highest BCUT2D eigenvalue weighted by atomic mass is 35.5. The summed E-state index contributed by atoms with van der Waals surface area (Å²) in [5, 5.41) is 3.61. The number of anilines is 1. The minimum absolute atomic E-state index is 0.304. The summed E-state index contributed by atoms with van der Waals surface area (Å²) in [6, 6.07) is 14.1. The van der Waals surface area contributed by atoms with Crippen molar-refractivity contribution in [2.75, 3.05) is 26.0 Å². The van der Waals surface area contributed by atoms with Crippen LogP contribution in [0.3, 0.4) is 0 Å². The lowest BCUT2D eigenvalue weighted by Crippen LogP contribution is -2.57. The molecule has 6 nitrogen and oxygen atoms in total. The van der Waals surface area contributed by atoms with Gasteiger partial charge in [0.1, 0.15) is 11.3 Å². The standard InChI is InChI=1S/C23H25Cl2N3O3/c1-23(2,22(30)26-18-11-16(24)10-17(25)12-18)28-20(29)13-19(14-27(3)4)31-21(28)15-8-6-5-7-9-15/h5-13,21H,14H2,1-4H3,(H,26,30). The molecule has 164 valence electrons. The van der Waals surface area contributed by atoms with E-state index in [9.17, 15) is 9.59 Å². The molecule has 0 aromatic heterocycles. The summed E-state index contributed by atoms with van der Waals surface area (Å²) in [5.41, 5.74) is -0.0278. The van der Waals surface area contributed by atoms with Gasteiger partial charge in [-0.1, -0.05) is 53.5 Å². The van der Waals surface area contributed by atoms with Crippen LogP contribution in [0, 0.1) is 0 Å². The Bertz CT molecular complexity index is 986. The second kappa shape index (κ2) is 9.30. The molecule has 31 heavy (non-hydrogen) atoms. The smallest absolute Gasteiger partial charge is 0.253 e. The number of benzene rings is 2. The lowest BCUT2D eigenvalue weighted by molar-refractivity contribution is -0.161. The zero-order valence-electron chi connectivity index (χ0n) is 17.9. The number of ether oxygens (including phenoxy) is 1. The van der Waals surface area contributed by atoms with Crippen molar-refractivity contribution in [3.63, 3.8) is 0 Å². The lowest BCUT2D eigenvalue weighted by atomic mass is 9.97. The molecule has 0 bridgehead atoms. The lowest BCUT2D eigenvalue weighted by Gasteiger charge is -2.44. The Morgan fingerprint density at radius 2 is 1.74 bits per heavy atom. The average Bonchev–Trinajstić information content (AvgIpc) is 2.66. The van der Waals surface area contributed by atoms with Crippen molar-refractivity contribution < 1.29 is 14.3 Å². The number of hydrogen-bond donors (Lipinski definition) is 1. The largest absolute Gasteiger partial charge is 0.469 e. The SMILES string of the molecule is CN(C)CC1=CC(=O)N(C(C)(C)C(=O)Nc2cc(Cl)cc(Cl)c2)C(c2ccccc2)O1. The molecule has 1 atom stereocenters. The number of hydrogen-bond acceptors (Lipinski definition) is 4. The van der Waals surface area contributed by atoms with Crippen LogP contribution in [0.2, 0.25) is 10.0 Å². The van der Waals surface area contributed by atoms with Gasteiger partial charge in [-0.3, -0.25) is 14.5 Å². The van der Waals surface area contributed by atoms with Crippen molar-refractivity contribution in [3.8, 4) is 0 Å². The predicted molar refractivity (Wildman–Crippen MR) is 123 cm³/mol. The molecule has 1 unspecified atom stereocenters. The number of nitrogens with zero attached hydrogens (tertiary/aromatic N) is 2. The number of likely N-dealkylation sites (N-methyl/N-ethyl adjacent to an activating group) is 1. The topological polar surface area (TPSA) is 61.9 Å². The van der Waals surface area contributed by atoms with Gasteiger partial charge in [0.2, 0.25) is 12.1 Å². The van der Waals surface area contributed by atoms with Crippen molar-refractivity contribution in [3.05, 3.63) is 76.0 Å². The van der Waals surface area contributed by atoms with E-state index in [1.807, 2.05) is 49.3 Å². The average molecular weight is 462 g/mol. The van der Waals surface area contributed by atoms with E-state index in [2.05, 4.69) is 5.32 Å². The van der Waals surface area contributed by atoms with E-state index in [0.717, 1.165) is 5.56 Å². The Labute approximate surface area is 192 Å². The van der Waals surface area contributed by atoms with E-state index in [1.165, 1.54) is 11.0 Å².